The molecule has 2 saturated heterocycles. The van der Waals surface area contributed by atoms with Crippen LogP contribution < -0.4 is 10.2 Å². The molecule has 0 spiro atoms. The van der Waals surface area contributed by atoms with Crippen molar-refractivity contribution in [1.82, 2.24) is 9.62 Å². The van der Waals surface area contributed by atoms with E-state index >= 15 is 0 Å². The lowest BCUT2D eigenvalue weighted by Gasteiger charge is -2.37. The molecule has 2 unspecified atom stereocenters. The van der Waals surface area contributed by atoms with Crippen LogP contribution in [0.2, 0.25) is 0 Å². The fraction of sp³-hybridized carbons (Fsp3) is 0.588. The Balaban J connectivity index is 1.64. The molecule has 0 saturated carbocycles. The maximum Gasteiger partial charge on any atom is 0.251 e. The molecular formula is C17H25N3O3S. The van der Waals surface area contributed by atoms with Crippen LogP contribution in [0.25, 0.3) is 0 Å². The Morgan fingerprint density at radius 2 is 1.67 bits per heavy atom. The number of amides is 1. The Morgan fingerprint density at radius 3 is 2.12 bits per heavy atom. The summed E-state index contributed by atoms with van der Waals surface area (Å²) in [4.78, 5) is 14.4. The Morgan fingerprint density at radius 1 is 1.12 bits per heavy atom. The van der Waals surface area contributed by atoms with Gasteiger partial charge in [-0.3, -0.25) is 4.79 Å². The van der Waals surface area contributed by atoms with E-state index in [9.17, 15) is 13.2 Å². The first-order valence-electron chi connectivity index (χ1n) is 8.32. The molecule has 1 aromatic rings. The van der Waals surface area contributed by atoms with E-state index in [2.05, 4.69) is 5.32 Å². The van der Waals surface area contributed by atoms with E-state index in [1.165, 1.54) is 6.26 Å². The van der Waals surface area contributed by atoms with Gasteiger partial charge in [-0.05, 0) is 49.9 Å². The molecule has 7 heteroatoms. The van der Waals surface area contributed by atoms with Crippen molar-refractivity contribution >= 4 is 21.6 Å². The van der Waals surface area contributed by atoms with Crippen LogP contribution in [0.15, 0.2) is 24.3 Å². The molecule has 2 fully saturated rings. The fourth-order valence-electron chi connectivity index (χ4n) is 3.97. The van der Waals surface area contributed by atoms with Gasteiger partial charge in [0.05, 0.1) is 6.26 Å². The number of carbonyl (C=O) groups is 1. The molecule has 1 N–H and O–H groups in total. The summed E-state index contributed by atoms with van der Waals surface area (Å²) >= 11 is 0. The van der Waals surface area contributed by atoms with Crippen LogP contribution in [0.3, 0.4) is 0 Å². The Hall–Kier alpha value is -1.60. The maximum absolute atomic E-state index is 12.4. The second-order valence-electron chi connectivity index (χ2n) is 7.06. The van der Waals surface area contributed by atoms with E-state index < -0.39 is 10.0 Å². The molecule has 2 aliphatic heterocycles. The quantitative estimate of drug-likeness (QED) is 0.891. The minimum absolute atomic E-state index is 0.0279. The van der Waals surface area contributed by atoms with Crippen LogP contribution in [-0.4, -0.2) is 57.1 Å². The van der Waals surface area contributed by atoms with Crippen molar-refractivity contribution in [2.75, 3.05) is 25.3 Å². The number of rotatable bonds is 4. The van der Waals surface area contributed by atoms with Gasteiger partial charge in [0.25, 0.3) is 5.91 Å². The largest absolute Gasteiger partial charge is 0.378 e. The molecule has 3 rings (SSSR count). The highest BCUT2D eigenvalue weighted by molar-refractivity contribution is 7.88. The topological polar surface area (TPSA) is 69.7 Å². The molecule has 1 amide bonds. The van der Waals surface area contributed by atoms with Crippen molar-refractivity contribution in [3.8, 4) is 0 Å². The van der Waals surface area contributed by atoms with Gasteiger partial charge in [-0.1, -0.05) is 0 Å². The van der Waals surface area contributed by atoms with E-state index in [1.54, 1.807) is 4.31 Å². The van der Waals surface area contributed by atoms with Crippen molar-refractivity contribution in [2.24, 2.45) is 0 Å². The van der Waals surface area contributed by atoms with Crippen LogP contribution >= 0.6 is 0 Å². The van der Waals surface area contributed by atoms with Gasteiger partial charge in [0.1, 0.15) is 0 Å². The minimum Gasteiger partial charge on any atom is -0.378 e. The summed E-state index contributed by atoms with van der Waals surface area (Å²) in [5.74, 6) is -0.0856. The molecule has 2 aliphatic rings. The van der Waals surface area contributed by atoms with Crippen molar-refractivity contribution in [3.05, 3.63) is 29.8 Å². The van der Waals surface area contributed by atoms with E-state index in [1.807, 2.05) is 43.3 Å². The van der Waals surface area contributed by atoms with Crippen LogP contribution in [0.5, 0.6) is 0 Å². The molecule has 132 valence electrons. The highest BCUT2D eigenvalue weighted by Crippen LogP contribution is 2.37. The zero-order valence-corrected chi connectivity index (χ0v) is 15.2. The summed E-state index contributed by atoms with van der Waals surface area (Å²) in [6, 6.07) is 7.59. The predicted octanol–water partition coefficient (Wildman–Crippen LogP) is 1.44. The zero-order chi connectivity index (χ0) is 17.5. The molecule has 0 aromatic heterocycles. The van der Waals surface area contributed by atoms with E-state index in [0.29, 0.717) is 18.4 Å². The molecule has 6 nitrogen and oxygen atoms in total. The second kappa shape index (κ2) is 6.37. The van der Waals surface area contributed by atoms with Crippen molar-refractivity contribution in [2.45, 2.75) is 43.8 Å². The third kappa shape index (κ3) is 3.42. The van der Waals surface area contributed by atoms with Crippen LogP contribution in [0.1, 0.15) is 36.0 Å². The first kappa shape index (κ1) is 17.2. The summed E-state index contributed by atoms with van der Waals surface area (Å²) in [5.41, 5.74) is 1.68. The summed E-state index contributed by atoms with van der Waals surface area (Å²) in [6.07, 6.45) is 4.46. The number of nitrogens with zero attached hydrogens (tertiary/aromatic N) is 2. The first-order chi connectivity index (χ1) is 11.3. The van der Waals surface area contributed by atoms with Gasteiger partial charge in [-0.2, -0.15) is 4.31 Å². The smallest absolute Gasteiger partial charge is 0.251 e. The predicted molar refractivity (Wildman–Crippen MR) is 94.8 cm³/mol. The molecule has 0 radical (unpaired) electrons. The number of piperidine rings is 1. The summed E-state index contributed by atoms with van der Waals surface area (Å²) in [6.45, 7) is 0. The summed E-state index contributed by atoms with van der Waals surface area (Å²) < 4.78 is 25.5. The molecule has 24 heavy (non-hydrogen) atoms. The highest BCUT2D eigenvalue weighted by atomic mass is 32.2. The van der Waals surface area contributed by atoms with Crippen LogP contribution in [0.4, 0.5) is 5.69 Å². The van der Waals surface area contributed by atoms with Gasteiger partial charge in [-0.25, -0.2) is 8.42 Å². The molecule has 0 aliphatic carbocycles. The van der Waals surface area contributed by atoms with Crippen molar-refractivity contribution in [3.63, 3.8) is 0 Å². The number of carbonyl (C=O) groups excluding carboxylic acids is 1. The third-order valence-electron chi connectivity index (χ3n) is 5.03. The van der Waals surface area contributed by atoms with E-state index in [4.69, 9.17) is 0 Å². The van der Waals surface area contributed by atoms with Gasteiger partial charge in [0.15, 0.2) is 0 Å². The summed E-state index contributed by atoms with van der Waals surface area (Å²) in [5, 5.41) is 3.08. The fourth-order valence-corrected chi connectivity index (χ4v) is 5.44. The summed E-state index contributed by atoms with van der Waals surface area (Å²) in [7, 11) is 0.755. The number of fused-ring (bicyclic) bond motifs is 2. The van der Waals surface area contributed by atoms with Crippen molar-refractivity contribution in [1.29, 1.82) is 0 Å². The Bertz CT molecular complexity index is 701. The maximum atomic E-state index is 12.4. The molecule has 1 aromatic carbocycles. The Labute approximate surface area is 143 Å². The van der Waals surface area contributed by atoms with Gasteiger partial charge < -0.3 is 10.2 Å². The normalized spacial score (nSPS) is 27.0. The monoisotopic (exact) mass is 351 g/mol. The first-order valence-corrected chi connectivity index (χ1v) is 10.2. The molecule has 2 bridgehead atoms. The number of benzene rings is 1. The SMILES string of the molecule is CN(C)c1ccc(C(=O)NC2CC3CCC(C2)N3S(C)(=O)=O)cc1. The number of nitrogens with one attached hydrogen (secondary N) is 1. The van der Waals surface area contributed by atoms with Crippen molar-refractivity contribution < 1.29 is 13.2 Å². The average Bonchev–Trinajstić information content (AvgIpc) is 2.80. The minimum atomic E-state index is -3.16. The average molecular weight is 351 g/mol. The lowest BCUT2D eigenvalue weighted by molar-refractivity contribution is 0.0909. The number of hydrogen-bond acceptors (Lipinski definition) is 4. The lowest BCUT2D eigenvalue weighted by atomic mass is 9.99. The lowest BCUT2D eigenvalue weighted by Crippen LogP contribution is -2.52. The van der Waals surface area contributed by atoms with Crippen LogP contribution in [0, 0.1) is 0 Å². The van der Waals surface area contributed by atoms with Gasteiger partial charge in [0.2, 0.25) is 10.0 Å². The Kier molecular flexibility index (Phi) is 4.57. The molecule has 2 heterocycles. The second-order valence-corrected chi connectivity index (χ2v) is 8.95. The number of anilines is 1. The van der Waals surface area contributed by atoms with E-state index in [0.717, 1.165) is 18.5 Å². The standard InChI is InChI=1S/C17H25N3O3S/c1-19(2)14-6-4-12(5-7-14)17(21)18-13-10-15-8-9-16(11-13)20(15)24(3,22)23/h4-7,13,15-16H,8-11H2,1-3H3,(H,18,21). The number of sulfonamides is 1. The van der Waals surface area contributed by atoms with Gasteiger partial charge >= 0.3 is 0 Å². The molecular weight excluding hydrogens is 326 g/mol. The third-order valence-corrected chi connectivity index (χ3v) is 6.39. The van der Waals surface area contributed by atoms with Gasteiger partial charge in [-0.15, -0.1) is 0 Å². The molecule has 2 atom stereocenters. The van der Waals surface area contributed by atoms with E-state index in [-0.39, 0.29) is 24.0 Å². The highest BCUT2D eigenvalue weighted by Gasteiger charge is 2.45. The zero-order valence-electron chi connectivity index (χ0n) is 14.4. The van der Waals surface area contributed by atoms with Gasteiger partial charge in [0, 0.05) is 43.5 Å². The van der Waals surface area contributed by atoms with Crippen LogP contribution in [-0.2, 0) is 10.0 Å². The number of hydrogen-bond donors (Lipinski definition) is 1.